The number of aryl methyl sites for hydroxylation is 1. The van der Waals surface area contributed by atoms with Gasteiger partial charge in [0, 0.05) is 13.7 Å². The lowest BCUT2D eigenvalue weighted by molar-refractivity contribution is 1.43. The number of halogens is 2. The first-order valence-electron chi connectivity index (χ1n) is 2.82. The molecule has 0 amide bonds. The van der Waals surface area contributed by atoms with Crippen molar-refractivity contribution in [1.82, 2.24) is 0 Å². The molecule has 1 nitrogen and oxygen atoms in total. The summed E-state index contributed by atoms with van der Waals surface area (Å²) in [6.07, 6.45) is 0. The van der Waals surface area contributed by atoms with Crippen LogP contribution in [0, 0.1) is 10.5 Å². The third-order valence-electron chi connectivity index (χ3n) is 1.30. The Morgan fingerprint density at radius 1 is 1.50 bits per heavy atom. The average molecular weight is 312 g/mol. The van der Waals surface area contributed by atoms with Crippen LogP contribution in [0.3, 0.4) is 0 Å². The molecule has 2 N–H and O–H groups in total. The molecule has 1 aromatic rings. The fraction of sp³-hybridized carbons (Fsp3) is 0.143. The Bertz CT molecular complexity index is 237. The van der Waals surface area contributed by atoms with Crippen molar-refractivity contribution in [2.24, 2.45) is 0 Å². The van der Waals surface area contributed by atoms with Crippen LogP contribution in [0.4, 0.5) is 5.69 Å². The Morgan fingerprint density at radius 2 is 2.10 bits per heavy atom. The lowest BCUT2D eigenvalue weighted by Gasteiger charge is -2.02. The molecular weight excluding hydrogens is 305 g/mol. The molecule has 1 rings (SSSR count). The van der Waals surface area contributed by atoms with Crippen LogP contribution >= 0.6 is 38.5 Å². The normalized spacial score (nSPS) is 9.90. The molecule has 0 aliphatic carbocycles. The molecule has 10 heavy (non-hydrogen) atoms. The Morgan fingerprint density at radius 3 is 2.60 bits per heavy atom. The summed E-state index contributed by atoms with van der Waals surface area (Å²) in [7, 11) is 0. The van der Waals surface area contributed by atoms with Crippen molar-refractivity contribution in [2.75, 3.05) is 5.73 Å². The van der Waals surface area contributed by atoms with Crippen LogP contribution in [0.1, 0.15) is 5.56 Å². The highest BCUT2D eigenvalue weighted by atomic mass is 127. The van der Waals surface area contributed by atoms with Crippen molar-refractivity contribution in [3.8, 4) is 0 Å². The highest BCUT2D eigenvalue weighted by Gasteiger charge is 1.99. The topological polar surface area (TPSA) is 26.0 Å². The van der Waals surface area contributed by atoms with Gasteiger partial charge in [-0.15, -0.1) is 0 Å². The second-order valence-electron chi connectivity index (χ2n) is 2.12. The minimum atomic E-state index is 0.879. The Hall–Kier alpha value is 0.230. The molecule has 0 aromatic heterocycles. The summed E-state index contributed by atoms with van der Waals surface area (Å²) in [5.41, 5.74) is 7.72. The number of rotatable bonds is 0. The van der Waals surface area contributed by atoms with Crippen molar-refractivity contribution < 1.29 is 0 Å². The number of hydrogen-bond donors (Lipinski definition) is 1. The Kier molecular flexibility index (Phi) is 2.57. The van der Waals surface area contributed by atoms with Gasteiger partial charge in [0.15, 0.2) is 0 Å². The van der Waals surface area contributed by atoms with Crippen LogP contribution in [-0.4, -0.2) is 0 Å². The maximum absolute atomic E-state index is 5.72. The summed E-state index contributed by atoms with van der Waals surface area (Å²) >= 11 is 5.61. The second-order valence-corrected chi connectivity index (χ2v) is 4.20. The molecule has 0 aliphatic rings. The molecule has 0 atom stereocenters. The van der Waals surface area contributed by atoms with Crippen LogP contribution < -0.4 is 5.73 Å². The van der Waals surface area contributed by atoms with E-state index in [1.165, 1.54) is 0 Å². The quantitative estimate of drug-likeness (QED) is 0.578. The lowest BCUT2D eigenvalue weighted by atomic mass is 10.2. The maximum Gasteiger partial charge on any atom is 0.0480 e. The van der Waals surface area contributed by atoms with Gasteiger partial charge in [-0.1, -0.05) is 15.9 Å². The molecule has 3 heteroatoms. The van der Waals surface area contributed by atoms with Crippen LogP contribution in [-0.2, 0) is 0 Å². The standard InChI is InChI=1S/C7H7BrIN/c1-4-2-5(8)3-6(9)7(4)10/h2-3H,10H2,1H3. The monoisotopic (exact) mass is 311 g/mol. The molecule has 0 unspecified atom stereocenters. The zero-order chi connectivity index (χ0) is 7.72. The smallest absolute Gasteiger partial charge is 0.0480 e. The number of benzene rings is 1. The van der Waals surface area contributed by atoms with Gasteiger partial charge < -0.3 is 5.73 Å². The number of hydrogen-bond acceptors (Lipinski definition) is 1. The molecule has 0 heterocycles. The fourth-order valence-corrected chi connectivity index (χ4v) is 2.47. The summed E-state index contributed by atoms with van der Waals surface area (Å²) in [6, 6.07) is 4.01. The first-order valence-corrected chi connectivity index (χ1v) is 4.69. The molecule has 1 aromatic carbocycles. The van der Waals surface area contributed by atoms with E-state index in [1.807, 2.05) is 19.1 Å². The first kappa shape index (κ1) is 8.33. The molecule has 0 saturated heterocycles. The van der Waals surface area contributed by atoms with E-state index in [4.69, 9.17) is 5.73 Å². The zero-order valence-electron chi connectivity index (χ0n) is 5.49. The Balaban J connectivity index is 3.31. The third kappa shape index (κ3) is 1.63. The SMILES string of the molecule is Cc1cc(Br)cc(I)c1N. The molecule has 0 fully saturated rings. The third-order valence-corrected chi connectivity index (χ3v) is 2.65. The van der Waals surface area contributed by atoms with Crippen LogP contribution in [0.25, 0.3) is 0 Å². The molecule has 0 radical (unpaired) electrons. The number of nitrogen functional groups attached to an aromatic ring is 1. The lowest BCUT2D eigenvalue weighted by Crippen LogP contribution is -1.92. The summed E-state index contributed by atoms with van der Waals surface area (Å²) < 4.78 is 2.19. The van der Waals surface area contributed by atoms with Crippen molar-refractivity contribution in [1.29, 1.82) is 0 Å². The van der Waals surface area contributed by atoms with E-state index < -0.39 is 0 Å². The van der Waals surface area contributed by atoms with E-state index in [2.05, 4.69) is 38.5 Å². The molecular formula is C7H7BrIN. The van der Waals surface area contributed by atoms with Gasteiger partial charge in [0.2, 0.25) is 0 Å². The van der Waals surface area contributed by atoms with E-state index in [1.54, 1.807) is 0 Å². The highest BCUT2D eigenvalue weighted by molar-refractivity contribution is 14.1. The summed E-state index contributed by atoms with van der Waals surface area (Å²) in [5.74, 6) is 0. The van der Waals surface area contributed by atoms with Gasteiger partial charge >= 0.3 is 0 Å². The van der Waals surface area contributed by atoms with Crippen molar-refractivity contribution >= 4 is 44.2 Å². The predicted octanol–water partition coefficient (Wildman–Crippen LogP) is 2.94. The van der Waals surface area contributed by atoms with Gasteiger partial charge in [-0.05, 0) is 47.2 Å². The fourth-order valence-electron chi connectivity index (χ4n) is 0.713. The molecule has 0 spiro atoms. The van der Waals surface area contributed by atoms with Gasteiger partial charge in [0.05, 0.1) is 0 Å². The predicted molar refractivity (Wildman–Crippen MR) is 56.0 cm³/mol. The van der Waals surface area contributed by atoms with E-state index in [9.17, 15) is 0 Å². The number of anilines is 1. The summed E-state index contributed by atoms with van der Waals surface area (Å²) in [5, 5.41) is 0. The van der Waals surface area contributed by atoms with Crippen LogP contribution in [0.15, 0.2) is 16.6 Å². The van der Waals surface area contributed by atoms with Gasteiger partial charge in [0.25, 0.3) is 0 Å². The second kappa shape index (κ2) is 3.09. The van der Waals surface area contributed by atoms with Crippen LogP contribution in [0.2, 0.25) is 0 Å². The van der Waals surface area contributed by atoms with Crippen molar-refractivity contribution in [2.45, 2.75) is 6.92 Å². The zero-order valence-corrected chi connectivity index (χ0v) is 9.23. The van der Waals surface area contributed by atoms with Gasteiger partial charge in [0.1, 0.15) is 0 Å². The highest BCUT2D eigenvalue weighted by Crippen LogP contribution is 2.23. The van der Waals surface area contributed by atoms with Crippen LogP contribution in [0.5, 0.6) is 0 Å². The van der Waals surface area contributed by atoms with E-state index in [-0.39, 0.29) is 0 Å². The molecule has 0 aliphatic heterocycles. The largest absolute Gasteiger partial charge is 0.398 e. The minimum absolute atomic E-state index is 0.879. The molecule has 0 bridgehead atoms. The molecule has 54 valence electrons. The maximum atomic E-state index is 5.72. The van der Waals surface area contributed by atoms with E-state index in [0.717, 1.165) is 19.3 Å². The summed E-state index contributed by atoms with van der Waals surface area (Å²) in [6.45, 7) is 2.00. The average Bonchev–Trinajstić information content (AvgIpc) is 1.82. The number of nitrogens with two attached hydrogens (primary N) is 1. The minimum Gasteiger partial charge on any atom is -0.398 e. The molecule has 0 saturated carbocycles. The van der Waals surface area contributed by atoms with Crippen molar-refractivity contribution in [3.63, 3.8) is 0 Å². The Labute approximate surface area is 82.3 Å². The van der Waals surface area contributed by atoms with E-state index >= 15 is 0 Å². The summed E-state index contributed by atoms with van der Waals surface area (Å²) in [4.78, 5) is 0. The van der Waals surface area contributed by atoms with Gasteiger partial charge in [-0.25, -0.2) is 0 Å². The van der Waals surface area contributed by atoms with Crippen molar-refractivity contribution in [3.05, 3.63) is 25.7 Å². The van der Waals surface area contributed by atoms with Gasteiger partial charge in [-0.3, -0.25) is 0 Å². The first-order chi connectivity index (χ1) is 4.61. The van der Waals surface area contributed by atoms with Gasteiger partial charge in [-0.2, -0.15) is 0 Å². The van der Waals surface area contributed by atoms with E-state index in [0.29, 0.717) is 0 Å².